The van der Waals surface area contributed by atoms with Gasteiger partial charge in [-0.25, -0.2) is 0 Å². The Balaban J connectivity index is 2.11. The van der Waals surface area contributed by atoms with E-state index in [0.717, 1.165) is 12.3 Å². The highest BCUT2D eigenvalue weighted by atomic mass is 35.5. The van der Waals surface area contributed by atoms with Crippen molar-refractivity contribution in [2.24, 2.45) is 0 Å². The second kappa shape index (κ2) is 3.26. The van der Waals surface area contributed by atoms with Gasteiger partial charge in [0.15, 0.2) is 5.22 Å². The molecule has 0 amide bonds. The molecule has 0 aromatic carbocycles. The molecule has 82 valence electrons. The second-order valence-electron chi connectivity index (χ2n) is 4.93. The largest absolute Gasteiger partial charge is 0.449 e. The Hall–Kier alpha value is -0.470. The summed E-state index contributed by atoms with van der Waals surface area (Å²) in [5.74, 6) is 1.16. The van der Waals surface area contributed by atoms with Crippen molar-refractivity contribution in [2.45, 2.75) is 44.1 Å². The molecule has 0 bridgehead atoms. The molecule has 2 heterocycles. The van der Waals surface area contributed by atoms with Crippen LogP contribution in [0.2, 0.25) is 5.22 Å². The zero-order valence-electron chi connectivity index (χ0n) is 8.98. The molecule has 1 aromatic heterocycles. The van der Waals surface area contributed by atoms with Gasteiger partial charge in [-0.05, 0) is 31.4 Å². The van der Waals surface area contributed by atoms with E-state index < -0.39 is 0 Å². The monoisotopic (exact) mass is 225 g/mol. The lowest BCUT2D eigenvalue weighted by Crippen LogP contribution is -2.42. The summed E-state index contributed by atoms with van der Waals surface area (Å²) in [5, 5.41) is 4.11. The summed E-state index contributed by atoms with van der Waals surface area (Å²) in [5.41, 5.74) is 1.52. The highest BCUT2D eigenvalue weighted by molar-refractivity contribution is 6.29. The van der Waals surface area contributed by atoms with Crippen molar-refractivity contribution in [3.63, 3.8) is 0 Å². The number of rotatable bonds is 0. The fraction of sp³-hybridized carbons (Fsp3) is 0.667. The zero-order chi connectivity index (χ0) is 10.5. The smallest absolute Gasteiger partial charge is 0.193 e. The molecule has 1 spiro atoms. The maximum Gasteiger partial charge on any atom is 0.193 e. The third-order valence-corrected chi connectivity index (χ3v) is 4.17. The quantitative estimate of drug-likeness (QED) is 0.732. The highest BCUT2D eigenvalue weighted by Crippen LogP contribution is 2.47. The molecule has 1 unspecified atom stereocenters. The van der Waals surface area contributed by atoms with Gasteiger partial charge in [0.25, 0.3) is 0 Å². The first-order chi connectivity index (χ1) is 7.21. The minimum atomic E-state index is 0.245. The molecule has 3 heteroatoms. The molecule has 2 aliphatic rings. The van der Waals surface area contributed by atoms with Crippen LogP contribution >= 0.6 is 11.6 Å². The van der Waals surface area contributed by atoms with Crippen LogP contribution in [-0.4, -0.2) is 6.54 Å². The fourth-order valence-corrected chi connectivity index (χ4v) is 3.30. The summed E-state index contributed by atoms with van der Waals surface area (Å²) < 4.78 is 5.74. The molecule has 2 nitrogen and oxygen atoms in total. The van der Waals surface area contributed by atoms with Crippen LogP contribution in [0.25, 0.3) is 0 Å². The van der Waals surface area contributed by atoms with E-state index in [1.54, 1.807) is 0 Å². The standard InChI is InChI=1S/C12H16ClNO/c1-8-9-6-10(13)15-11(9)12(7-14-8)4-2-3-5-12/h6,8,14H,2-5,7H2,1H3. The van der Waals surface area contributed by atoms with Gasteiger partial charge < -0.3 is 9.73 Å². The van der Waals surface area contributed by atoms with E-state index in [4.69, 9.17) is 16.0 Å². The number of hydrogen-bond donors (Lipinski definition) is 1. The lowest BCUT2D eigenvalue weighted by Gasteiger charge is -2.35. The third kappa shape index (κ3) is 1.35. The van der Waals surface area contributed by atoms with Crippen LogP contribution in [0.3, 0.4) is 0 Å². The average molecular weight is 226 g/mol. The molecule has 0 saturated heterocycles. The minimum Gasteiger partial charge on any atom is -0.449 e. The molecule has 0 radical (unpaired) electrons. The van der Waals surface area contributed by atoms with Crippen LogP contribution in [0.1, 0.15) is 50.0 Å². The van der Waals surface area contributed by atoms with Crippen molar-refractivity contribution in [3.05, 3.63) is 22.6 Å². The van der Waals surface area contributed by atoms with E-state index in [9.17, 15) is 0 Å². The first-order valence-electron chi connectivity index (χ1n) is 5.74. The summed E-state index contributed by atoms with van der Waals surface area (Å²) in [6.07, 6.45) is 5.11. The van der Waals surface area contributed by atoms with E-state index in [-0.39, 0.29) is 5.41 Å². The van der Waals surface area contributed by atoms with E-state index in [1.807, 2.05) is 6.07 Å². The second-order valence-corrected chi connectivity index (χ2v) is 5.30. The Morgan fingerprint density at radius 3 is 2.93 bits per heavy atom. The van der Waals surface area contributed by atoms with Crippen LogP contribution in [0.15, 0.2) is 10.5 Å². The van der Waals surface area contributed by atoms with Gasteiger partial charge in [0.1, 0.15) is 5.76 Å². The van der Waals surface area contributed by atoms with Crippen LogP contribution < -0.4 is 5.32 Å². The summed E-state index contributed by atoms with van der Waals surface area (Å²) >= 11 is 5.98. The average Bonchev–Trinajstić information content (AvgIpc) is 2.80. The topological polar surface area (TPSA) is 25.2 Å². The molecule has 1 fully saturated rings. The molecular weight excluding hydrogens is 210 g/mol. The molecule has 1 N–H and O–H groups in total. The Kier molecular flexibility index (Phi) is 2.12. The van der Waals surface area contributed by atoms with Crippen molar-refractivity contribution >= 4 is 11.6 Å². The van der Waals surface area contributed by atoms with Crippen LogP contribution in [0.4, 0.5) is 0 Å². The predicted molar refractivity (Wildman–Crippen MR) is 60.3 cm³/mol. The number of halogens is 1. The van der Waals surface area contributed by atoms with Gasteiger partial charge in [0.05, 0.1) is 0 Å². The molecule has 15 heavy (non-hydrogen) atoms. The SMILES string of the molecule is CC1NCC2(CCCC2)c2oc(Cl)cc21. The molecule has 1 saturated carbocycles. The Morgan fingerprint density at radius 1 is 1.47 bits per heavy atom. The van der Waals surface area contributed by atoms with E-state index in [1.165, 1.54) is 31.2 Å². The summed E-state index contributed by atoms with van der Waals surface area (Å²) in [4.78, 5) is 0. The van der Waals surface area contributed by atoms with E-state index in [2.05, 4.69) is 12.2 Å². The molecular formula is C12H16ClNO. The summed E-state index contributed by atoms with van der Waals surface area (Å²) in [7, 11) is 0. The Morgan fingerprint density at radius 2 is 2.20 bits per heavy atom. The maximum atomic E-state index is 5.98. The fourth-order valence-electron chi connectivity index (χ4n) is 3.10. The minimum absolute atomic E-state index is 0.245. The molecule has 1 atom stereocenters. The Bertz CT molecular complexity index is 379. The van der Waals surface area contributed by atoms with Crippen molar-refractivity contribution in [3.8, 4) is 0 Å². The van der Waals surface area contributed by atoms with Crippen LogP contribution in [0, 0.1) is 0 Å². The Labute approximate surface area is 95.0 Å². The first-order valence-corrected chi connectivity index (χ1v) is 6.12. The zero-order valence-corrected chi connectivity index (χ0v) is 9.73. The van der Waals surface area contributed by atoms with Crippen molar-refractivity contribution < 1.29 is 4.42 Å². The number of furan rings is 1. The lowest BCUT2D eigenvalue weighted by atomic mass is 9.78. The summed E-state index contributed by atoms with van der Waals surface area (Å²) in [6.45, 7) is 3.22. The van der Waals surface area contributed by atoms with Crippen LogP contribution in [0.5, 0.6) is 0 Å². The first kappa shape index (κ1) is 9.73. The third-order valence-electron chi connectivity index (χ3n) is 3.99. The van der Waals surface area contributed by atoms with Gasteiger partial charge in [0.2, 0.25) is 0 Å². The van der Waals surface area contributed by atoms with Crippen molar-refractivity contribution in [1.82, 2.24) is 5.32 Å². The number of nitrogens with one attached hydrogen (secondary N) is 1. The van der Waals surface area contributed by atoms with E-state index in [0.29, 0.717) is 11.3 Å². The number of fused-ring (bicyclic) bond motifs is 2. The normalized spacial score (nSPS) is 28.3. The van der Waals surface area contributed by atoms with Gasteiger partial charge >= 0.3 is 0 Å². The maximum absolute atomic E-state index is 5.98. The highest BCUT2D eigenvalue weighted by Gasteiger charge is 2.44. The number of hydrogen-bond acceptors (Lipinski definition) is 2. The molecule has 1 aromatic rings. The lowest BCUT2D eigenvalue weighted by molar-refractivity contribution is 0.283. The summed E-state index contributed by atoms with van der Waals surface area (Å²) in [6, 6.07) is 2.36. The van der Waals surface area contributed by atoms with Crippen molar-refractivity contribution in [1.29, 1.82) is 0 Å². The molecule has 3 rings (SSSR count). The van der Waals surface area contributed by atoms with Gasteiger partial charge in [0, 0.05) is 29.6 Å². The van der Waals surface area contributed by atoms with Gasteiger partial charge in [-0.1, -0.05) is 12.8 Å². The predicted octanol–water partition coefficient (Wildman–Crippen LogP) is 3.41. The van der Waals surface area contributed by atoms with E-state index >= 15 is 0 Å². The van der Waals surface area contributed by atoms with Crippen LogP contribution in [-0.2, 0) is 5.41 Å². The van der Waals surface area contributed by atoms with Gasteiger partial charge in [-0.15, -0.1) is 0 Å². The van der Waals surface area contributed by atoms with Crippen molar-refractivity contribution in [2.75, 3.05) is 6.54 Å². The molecule has 1 aliphatic carbocycles. The van der Waals surface area contributed by atoms with Gasteiger partial charge in [-0.2, -0.15) is 0 Å². The van der Waals surface area contributed by atoms with Gasteiger partial charge in [-0.3, -0.25) is 0 Å². The molecule has 1 aliphatic heterocycles.